The highest BCUT2D eigenvalue weighted by Gasteiger charge is 1.55. The molecule has 26 valence electrons. The lowest BCUT2D eigenvalue weighted by Crippen LogP contribution is -2.03. The average Bonchev–Trinajstić information content (AvgIpc) is 1.37. The van der Waals surface area contributed by atoms with Crippen LogP contribution in [0.1, 0.15) is 0 Å². The van der Waals surface area contributed by atoms with E-state index in [0.29, 0.717) is 6.73 Å². The van der Waals surface area contributed by atoms with Crippen molar-refractivity contribution in [3.63, 3.8) is 0 Å². The third-order valence-corrected chi connectivity index (χ3v) is 0.183. The summed E-state index contributed by atoms with van der Waals surface area (Å²) in [5.41, 5.74) is 4.86. The van der Waals surface area contributed by atoms with Gasteiger partial charge in [-0.05, 0) is 0 Å². The van der Waals surface area contributed by atoms with Crippen molar-refractivity contribution >= 4 is 0 Å². The largest absolute Gasteiger partial charge is 0.424 e. The zero-order valence-electron chi connectivity index (χ0n) is 2.73. The summed E-state index contributed by atoms with van der Waals surface area (Å²) in [7, 11) is 1.68. The Balaban J connectivity index is 1.97. The molecule has 0 aliphatic heterocycles. The van der Waals surface area contributed by atoms with Crippen LogP contribution in [0, 0.1) is 0 Å². The second-order valence-electron chi connectivity index (χ2n) is 0.499. The van der Waals surface area contributed by atoms with Crippen molar-refractivity contribution in [3.8, 4) is 0 Å². The Labute approximate surface area is 25.6 Å². The van der Waals surface area contributed by atoms with Crippen LogP contribution in [0.25, 0.3) is 0 Å². The van der Waals surface area contributed by atoms with Crippen molar-refractivity contribution in [2.75, 3.05) is 13.8 Å². The number of nitrogens with two attached hydrogens (primary N) is 1. The Morgan fingerprint density at radius 2 is 2.25 bits per heavy atom. The van der Waals surface area contributed by atoms with Crippen LogP contribution in [-0.2, 0) is 0 Å². The number of hydrogen-bond acceptors (Lipinski definition) is 1. The summed E-state index contributed by atoms with van der Waals surface area (Å²) in [5.74, 6) is 0. The molecule has 0 spiro atoms. The predicted molar refractivity (Wildman–Crippen MR) is 17.2 cm³/mol. The summed E-state index contributed by atoms with van der Waals surface area (Å²) < 4.78 is 3.51. The van der Waals surface area contributed by atoms with Crippen LogP contribution < -0.4 is 5.73 Å². The third-order valence-electron chi connectivity index (χ3n) is 0.183. The second-order valence-corrected chi connectivity index (χ2v) is 0.499. The standard InChI is InChI=1S/C2H7NO/c1-4-2-3/h2-3H2,1H3/p+1. The quantitative estimate of drug-likeness (QED) is 0.309. The molecule has 4 heavy (non-hydrogen) atoms. The zero-order valence-corrected chi connectivity index (χ0v) is 2.73. The topological polar surface area (TPSA) is 38.8 Å². The van der Waals surface area contributed by atoms with Gasteiger partial charge in [0.15, 0.2) is 6.73 Å². The van der Waals surface area contributed by atoms with E-state index in [1.54, 1.807) is 7.11 Å². The molecule has 0 aliphatic rings. The molecule has 0 bridgehead atoms. The Hall–Kier alpha value is -0.0800. The van der Waals surface area contributed by atoms with Crippen LogP contribution in [0.4, 0.5) is 0 Å². The summed E-state index contributed by atoms with van der Waals surface area (Å²) in [6.07, 6.45) is 0. The lowest BCUT2D eigenvalue weighted by Gasteiger charge is -1.74. The molecule has 0 aromatic heterocycles. The molecule has 0 atom stereocenters. The van der Waals surface area contributed by atoms with Crippen LogP contribution in [0.3, 0.4) is 0 Å². The van der Waals surface area contributed by atoms with Crippen molar-refractivity contribution in [3.05, 3.63) is 0 Å². The van der Waals surface area contributed by atoms with Crippen molar-refractivity contribution in [1.82, 2.24) is 0 Å². The molecule has 0 heterocycles. The fourth-order valence-electron chi connectivity index (χ4n) is 0. The minimum Gasteiger partial charge on any atom is -0.424 e. The maximum atomic E-state index is 4.86. The third kappa shape index (κ3) is 1.92. The molecule has 0 unspecified atom stereocenters. The van der Waals surface area contributed by atoms with E-state index in [4.69, 9.17) is 5.73 Å². The van der Waals surface area contributed by atoms with E-state index in [9.17, 15) is 0 Å². The smallest absolute Gasteiger partial charge is 0.198 e. The van der Waals surface area contributed by atoms with Gasteiger partial charge in [-0.2, -0.15) is 0 Å². The van der Waals surface area contributed by atoms with E-state index in [-0.39, 0.29) is 0 Å². The fourth-order valence-corrected chi connectivity index (χ4v) is 0. The summed E-state index contributed by atoms with van der Waals surface area (Å²) in [6, 6.07) is 0. The lowest BCUT2D eigenvalue weighted by atomic mass is 11.3. The minimum absolute atomic E-state index is 0.444. The van der Waals surface area contributed by atoms with Gasteiger partial charge in [0.2, 0.25) is 0 Å². The van der Waals surface area contributed by atoms with Gasteiger partial charge in [0.25, 0.3) is 0 Å². The van der Waals surface area contributed by atoms with E-state index >= 15 is 0 Å². The monoisotopic (exact) mass is 62.1 g/mol. The van der Waals surface area contributed by atoms with Crippen LogP contribution in [0.15, 0.2) is 0 Å². The summed E-state index contributed by atoms with van der Waals surface area (Å²) in [4.78, 5) is 0. The Bertz CT molecular complexity index is 8.00. The van der Waals surface area contributed by atoms with Gasteiger partial charge in [-0.3, -0.25) is 5.73 Å². The number of rotatable bonds is 1. The van der Waals surface area contributed by atoms with E-state index in [0.717, 1.165) is 0 Å². The lowest BCUT2D eigenvalue weighted by molar-refractivity contribution is 0.0209. The summed E-state index contributed by atoms with van der Waals surface area (Å²) >= 11 is 0. The van der Waals surface area contributed by atoms with E-state index < -0.39 is 0 Å². The predicted octanol–water partition coefficient (Wildman–Crippen LogP) is -0.940. The number of aliphatic hydroxyl groups is 2. The van der Waals surface area contributed by atoms with E-state index in [1.807, 2.05) is 0 Å². The van der Waals surface area contributed by atoms with Gasteiger partial charge < -0.3 is 4.74 Å². The maximum absolute atomic E-state index is 4.86. The first kappa shape index (κ1) is 3.92. The van der Waals surface area contributed by atoms with E-state index in [2.05, 4.69) is 4.74 Å². The molecule has 2 heteroatoms. The highest BCUT2D eigenvalue weighted by atomic mass is 16.5. The van der Waals surface area contributed by atoms with Gasteiger partial charge in [-0.25, -0.2) is 0 Å². The molecular weight excluding hydrogens is 54.0 g/mol. The highest BCUT2D eigenvalue weighted by molar-refractivity contribution is 3.85. The van der Waals surface area contributed by atoms with Crippen molar-refractivity contribution in [1.29, 1.82) is 0 Å². The molecule has 0 saturated heterocycles. The van der Waals surface area contributed by atoms with Gasteiger partial charge in [0.1, 0.15) is 7.11 Å². The van der Waals surface area contributed by atoms with Gasteiger partial charge in [0, 0.05) is 0 Å². The van der Waals surface area contributed by atoms with Crippen LogP contribution >= 0.6 is 0 Å². The molecule has 0 aliphatic carbocycles. The van der Waals surface area contributed by atoms with Crippen molar-refractivity contribution in [2.45, 2.75) is 0 Å². The van der Waals surface area contributed by atoms with Gasteiger partial charge >= 0.3 is 0 Å². The zero-order chi connectivity index (χ0) is 3.41. The Morgan fingerprint density at radius 3 is 2.25 bits per heavy atom. The molecule has 0 saturated carbocycles. The van der Waals surface area contributed by atoms with Gasteiger partial charge in [-0.15, -0.1) is 0 Å². The first-order chi connectivity index (χ1) is 1.91. The second kappa shape index (κ2) is 2.92. The molecule has 3 N–H and O–H groups in total. The highest BCUT2D eigenvalue weighted by Crippen LogP contribution is 1.30. The normalized spacial score (nSPS) is 7.50. The number of hydrogen-bond donors (Lipinski definition) is 1. The van der Waals surface area contributed by atoms with Gasteiger partial charge in [-0.1, -0.05) is 0 Å². The molecular formula is C2H8NO+. The fraction of sp³-hybridized carbons (Fsp3) is 1.00. The molecule has 0 radical (unpaired) electrons. The van der Waals surface area contributed by atoms with Crippen LogP contribution in [0.5, 0.6) is 0 Å². The molecule has 0 amide bonds. The van der Waals surface area contributed by atoms with Gasteiger partial charge in [0.05, 0.1) is 0 Å². The van der Waals surface area contributed by atoms with Crippen molar-refractivity contribution < 1.29 is 4.74 Å². The molecule has 2 nitrogen and oxygen atoms in total. The minimum atomic E-state index is 0.444. The molecule has 0 fully saturated rings. The molecule has 0 rings (SSSR count). The molecule has 0 aromatic rings. The first-order valence-corrected chi connectivity index (χ1v) is 1.17. The SMILES string of the molecule is C[OH+]CN. The Kier molecular flexibility index (Phi) is 2.86. The average molecular weight is 62.1 g/mol. The molecule has 0 aromatic carbocycles. The summed E-state index contributed by atoms with van der Waals surface area (Å²) in [5, 5.41) is 0. The summed E-state index contributed by atoms with van der Waals surface area (Å²) in [6.45, 7) is 0.444. The van der Waals surface area contributed by atoms with Crippen molar-refractivity contribution in [2.24, 2.45) is 5.73 Å². The van der Waals surface area contributed by atoms with E-state index in [1.165, 1.54) is 0 Å². The number of ether oxygens (including phenoxy) is 1. The Morgan fingerprint density at radius 1 is 2.00 bits per heavy atom. The first-order valence-electron chi connectivity index (χ1n) is 1.17. The maximum Gasteiger partial charge on any atom is 0.198 e. The van der Waals surface area contributed by atoms with Crippen LogP contribution in [0.2, 0.25) is 0 Å². The van der Waals surface area contributed by atoms with Crippen LogP contribution in [-0.4, -0.2) is 18.6 Å².